The van der Waals surface area contributed by atoms with Gasteiger partial charge in [0.15, 0.2) is 0 Å². The van der Waals surface area contributed by atoms with Crippen LogP contribution in [0.2, 0.25) is 0 Å². The number of ether oxygens (including phenoxy) is 1. The van der Waals surface area contributed by atoms with Crippen LogP contribution < -0.4 is 11.3 Å². The van der Waals surface area contributed by atoms with Gasteiger partial charge in [-0.15, -0.1) is 0 Å². The van der Waals surface area contributed by atoms with Gasteiger partial charge in [-0.25, -0.2) is 0 Å². The number of methoxy groups -OCH3 is 1. The Morgan fingerprint density at radius 3 is 2.62 bits per heavy atom. The lowest BCUT2D eigenvalue weighted by atomic mass is 10.0. The fraction of sp³-hybridized carbons (Fsp3) is 0.500. The topological polar surface area (TPSA) is 47.3 Å². The van der Waals surface area contributed by atoms with E-state index in [1.54, 1.807) is 7.11 Å². The van der Waals surface area contributed by atoms with Gasteiger partial charge in [0.05, 0.1) is 12.1 Å². The van der Waals surface area contributed by atoms with E-state index in [4.69, 9.17) is 10.6 Å². The summed E-state index contributed by atoms with van der Waals surface area (Å²) < 4.78 is 6.52. The van der Waals surface area contributed by atoms with Gasteiger partial charge in [-0.2, -0.15) is 0 Å². The van der Waals surface area contributed by atoms with E-state index in [0.717, 1.165) is 17.3 Å². The number of nitrogens with one attached hydrogen (secondary N) is 1. The Bertz CT molecular complexity index is 316. The van der Waals surface area contributed by atoms with Gasteiger partial charge in [-0.05, 0) is 24.5 Å². The average molecular weight is 287 g/mol. The maximum Gasteiger partial charge on any atom is 0.0738 e. The van der Waals surface area contributed by atoms with Crippen molar-refractivity contribution in [2.45, 2.75) is 31.9 Å². The molecule has 3 N–H and O–H groups in total. The molecule has 0 saturated heterocycles. The van der Waals surface area contributed by atoms with Crippen LogP contribution >= 0.6 is 15.9 Å². The first-order valence-corrected chi connectivity index (χ1v) is 6.24. The number of nitrogens with two attached hydrogens (primary N) is 1. The fourth-order valence-electron chi connectivity index (χ4n) is 1.81. The summed E-state index contributed by atoms with van der Waals surface area (Å²) in [6.45, 7) is 2.10. The second kappa shape index (κ2) is 7.01. The molecular formula is C12H19BrN2O. The van der Waals surface area contributed by atoms with Gasteiger partial charge < -0.3 is 4.74 Å². The van der Waals surface area contributed by atoms with Crippen LogP contribution in [0.15, 0.2) is 28.7 Å². The van der Waals surface area contributed by atoms with Crippen LogP contribution in [0, 0.1) is 0 Å². The molecule has 1 aromatic carbocycles. The monoisotopic (exact) mass is 286 g/mol. The van der Waals surface area contributed by atoms with E-state index >= 15 is 0 Å². The van der Waals surface area contributed by atoms with Crippen molar-refractivity contribution in [1.29, 1.82) is 0 Å². The number of hydrogen-bond donors (Lipinski definition) is 2. The summed E-state index contributed by atoms with van der Waals surface area (Å²) in [4.78, 5) is 0. The number of hydrazine groups is 1. The number of hydrogen-bond acceptors (Lipinski definition) is 3. The van der Waals surface area contributed by atoms with Gasteiger partial charge >= 0.3 is 0 Å². The summed E-state index contributed by atoms with van der Waals surface area (Å²) in [6.07, 6.45) is 1.93. The molecule has 90 valence electrons. The fourth-order valence-corrected chi connectivity index (χ4v) is 2.26. The normalized spacial score (nSPS) is 14.8. The van der Waals surface area contributed by atoms with Gasteiger partial charge in [-0.1, -0.05) is 41.1 Å². The standard InChI is InChI=1S/C12H19BrN2O/c1-3-12(16-2)11(15-14)8-9-6-4-5-7-10(9)13/h4-7,11-12,15H,3,8,14H2,1-2H3. The minimum Gasteiger partial charge on any atom is -0.380 e. The molecule has 0 radical (unpaired) electrons. The van der Waals surface area contributed by atoms with Crippen LogP contribution in [0.3, 0.4) is 0 Å². The first kappa shape index (κ1) is 13.6. The molecule has 1 aromatic rings. The van der Waals surface area contributed by atoms with E-state index in [-0.39, 0.29) is 12.1 Å². The number of rotatable bonds is 6. The molecule has 0 aliphatic carbocycles. The summed E-state index contributed by atoms with van der Waals surface area (Å²) in [6, 6.07) is 8.30. The number of benzene rings is 1. The zero-order valence-electron chi connectivity index (χ0n) is 9.74. The molecule has 0 amide bonds. The van der Waals surface area contributed by atoms with E-state index in [0.29, 0.717) is 0 Å². The Kier molecular flexibility index (Phi) is 5.98. The van der Waals surface area contributed by atoms with E-state index in [9.17, 15) is 0 Å². The van der Waals surface area contributed by atoms with Crippen LogP contribution in [0.25, 0.3) is 0 Å². The Balaban J connectivity index is 2.73. The highest BCUT2D eigenvalue weighted by Gasteiger charge is 2.19. The minimum atomic E-state index is 0.133. The Labute approximate surface area is 105 Å². The Morgan fingerprint density at radius 1 is 1.44 bits per heavy atom. The molecular weight excluding hydrogens is 268 g/mol. The van der Waals surface area contributed by atoms with Crippen molar-refractivity contribution in [2.24, 2.45) is 5.84 Å². The van der Waals surface area contributed by atoms with Crippen LogP contribution in [-0.2, 0) is 11.2 Å². The van der Waals surface area contributed by atoms with Gasteiger partial charge in [0.2, 0.25) is 0 Å². The third-order valence-electron chi connectivity index (χ3n) is 2.77. The van der Waals surface area contributed by atoms with Crippen molar-refractivity contribution >= 4 is 15.9 Å². The largest absolute Gasteiger partial charge is 0.380 e. The Morgan fingerprint density at radius 2 is 2.12 bits per heavy atom. The van der Waals surface area contributed by atoms with Crippen LogP contribution in [0.5, 0.6) is 0 Å². The number of halogens is 1. The maximum absolute atomic E-state index is 5.58. The van der Waals surface area contributed by atoms with Crippen LogP contribution in [0.4, 0.5) is 0 Å². The summed E-state index contributed by atoms with van der Waals surface area (Å²) in [5.74, 6) is 5.58. The third kappa shape index (κ3) is 3.56. The third-order valence-corrected chi connectivity index (χ3v) is 3.54. The van der Waals surface area contributed by atoms with Crippen molar-refractivity contribution in [3.8, 4) is 0 Å². The van der Waals surface area contributed by atoms with E-state index < -0.39 is 0 Å². The van der Waals surface area contributed by atoms with Crippen molar-refractivity contribution in [3.05, 3.63) is 34.3 Å². The molecule has 0 fully saturated rings. The predicted octanol–water partition coefficient (Wildman–Crippen LogP) is 2.25. The maximum atomic E-state index is 5.58. The van der Waals surface area contributed by atoms with Gasteiger partial charge in [0, 0.05) is 11.6 Å². The molecule has 3 nitrogen and oxygen atoms in total. The minimum absolute atomic E-state index is 0.133. The predicted molar refractivity (Wildman–Crippen MR) is 70.0 cm³/mol. The molecule has 0 bridgehead atoms. The van der Waals surface area contributed by atoms with Crippen LogP contribution in [0.1, 0.15) is 18.9 Å². The molecule has 0 heterocycles. The molecule has 1 rings (SSSR count). The summed E-state index contributed by atoms with van der Waals surface area (Å²) >= 11 is 3.54. The molecule has 4 heteroatoms. The summed E-state index contributed by atoms with van der Waals surface area (Å²) in [7, 11) is 1.72. The first-order valence-electron chi connectivity index (χ1n) is 5.45. The summed E-state index contributed by atoms with van der Waals surface area (Å²) in [5, 5.41) is 0. The van der Waals surface area contributed by atoms with E-state index in [1.807, 2.05) is 18.2 Å². The van der Waals surface area contributed by atoms with Crippen molar-refractivity contribution in [1.82, 2.24) is 5.43 Å². The highest BCUT2D eigenvalue weighted by Crippen LogP contribution is 2.19. The molecule has 0 aliphatic rings. The summed E-state index contributed by atoms with van der Waals surface area (Å²) in [5.41, 5.74) is 4.07. The molecule has 16 heavy (non-hydrogen) atoms. The zero-order valence-corrected chi connectivity index (χ0v) is 11.3. The van der Waals surface area contributed by atoms with Gasteiger partial charge in [-0.3, -0.25) is 11.3 Å². The van der Waals surface area contributed by atoms with Gasteiger partial charge in [0.1, 0.15) is 0 Å². The lowest BCUT2D eigenvalue weighted by molar-refractivity contribution is 0.0653. The van der Waals surface area contributed by atoms with E-state index in [2.05, 4.69) is 34.3 Å². The van der Waals surface area contributed by atoms with Gasteiger partial charge in [0.25, 0.3) is 0 Å². The molecule has 0 saturated carbocycles. The molecule has 0 aromatic heterocycles. The molecule has 0 aliphatic heterocycles. The lowest BCUT2D eigenvalue weighted by Crippen LogP contribution is -2.46. The highest BCUT2D eigenvalue weighted by molar-refractivity contribution is 9.10. The van der Waals surface area contributed by atoms with Crippen molar-refractivity contribution in [2.75, 3.05) is 7.11 Å². The SMILES string of the molecule is CCC(OC)C(Cc1ccccc1Br)NN. The smallest absolute Gasteiger partial charge is 0.0738 e. The molecule has 0 spiro atoms. The van der Waals surface area contributed by atoms with Crippen LogP contribution in [-0.4, -0.2) is 19.3 Å². The highest BCUT2D eigenvalue weighted by atomic mass is 79.9. The average Bonchev–Trinajstić information content (AvgIpc) is 2.31. The van der Waals surface area contributed by atoms with Crippen molar-refractivity contribution < 1.29 is 4.74 Å². The van der Waals surface area contributed by atoms with E-state index in [1.165, 1.54) is 5.56 Å². The lowest BCUT2D eigenvalue weighted by Gasteiger charge is -2.24. The van der Waals surface area contributed by atoms with Crippen molar-refractivity contribution in [3.63, 3.8) is 0 Å². The second-order valence-corrected chi connectivity index (χ2v) is 4.61. The molecule has 2 atom stereocenters. The molecule has 2 unspecified atom stereocenters. The first-order chi connectivity index (χ1) is 7.72. The zero-order chi connectivity index (χ0) is 12.0. The Hall–Kier alpha value is -0.420. The second-order valence-electron chi connectivity index (χ2n) is 3.75. The quantitative estimate of drug-likeness (QED) is 0.623.